The van der Waals surface area contributed by atoms with E-state index in [2.05, 4.69) is 0 Å². The summed E-state index contributed by atoms with van der Waals surface area (Å²) in [5.74, 6) is -2.77. The average molecular weight is 507 g/mol. The van der Waals surface area contributed by atoms with E-state index in [0.29, 0.717) is 48.5 Å². The zero-order chi connectivity index (χ0) is 25.8. The summed E-state index contributed by atoms with van der Waals surface area (Å²) >= 11 is 0. The number of carbonyl (C=O) groups is 2. The summed E-state index contributed by atoms with van der Waals surface area (Å²) < 4.78 is 35.7. The molecule has 1 N–H and O–H groups in total. The molecule has 3 aromatic rings. The predicted octanol–water partition coefficient (Wildman–Crippen LogP) is 3.40. The molecule has 0 bridgehead atoms. The number of piperazine rings is 1. The first-order valence-electron chi connectivity index (χ1n) is 12.1. The van der Waals surface area contributed by atoms with E-state index >= 15 is 4.39 Å². The van der Waals surface area contributed by atoms with Gasteiger partial charge in [-0.15, -0.1) is 0 Å². The van der Waals surface area contributed by atoms with E-state index in [1.165, 1.54) is 18.3 Å². The van der Waals surface area contributed by atoms with Gasteiger partial charge in [0.2, 0.25) is 5.43 Å². The number of benzene rings is 2. The van der Waals surface area contributed by atoms with Crippen molar-refractivity contribution in [1.82, 2.24) is 9.47 Å². The van der Waals surface area contributed by atoms with E-state index in [1.807, 2.05) is 9.80 Å². The van der Waals surface area contributed by atoms with Gasteiger partial charge in [0.15, 0.2) is 0 Å². The maximum atomic E-state index is 15.3. The largest absolute Gasteiger partial charge is 0.477 e. The highest BCUT2D eigenvalue weighted by atomic mass is 19.1. The van der Waals surface area contributed by atoms with Crippen molar-refractivity contribution in [1.29, 1.82) is 0 Å². The maximum Gasteiger partial charge on any atom is 0.341 e. The number of carboxylic acid groups (broad SMARTS) is 1. The number of halogens is 2. The molecule has 0 unspecified atom stereocenters. The number of ether oxygens (including phenoxy) is 1. The maximum absolute atomic E-state index is 15.3. The average Bonchev–Trinajstić information content (AvgIpc) is 3.66. The summed E-state index contributed by atoms with van der Waals surface area (Å²) in [5.41, 5.74) is 1.52. The molecule has 1 aromatic heterocycles. The van der Waals surface area contributed by atoms with Gasteiger partial charge in [-0.05, 0) is 42.7 Å². The normalized spacial score (nSPS) is 18.1. The molecule has 1 aliphatic carbocycles. The van der Waals surface area contributed by atoms with E-state index in [-0.39, 0.29) is 23.6 Å². The van der Waals surface area contributed by atoms with Crippen LogP contribution in [0.5, 0.6) is 0 Å². The number of nitrogens with zero attached hydrogens (tertiary/aromatic N) is 3. The molecule has 0 amide bonds. The van der Waals surface area contributed by atoms with Crippen molar-refractivity contribution in [3.05, 3.63) is 81.3 Å². The second-order valence-corrected chi connectivity index (χ2v) is 9.52. The molecule has 1 saturated carbocycles. The van der Waals surface area contributed by atoms with Crippen molar-refractivity contribution in [2.75, 3.05) is 37.7 Å². The number of carbonyl (C=O) groups excluding carboxylic acids is 1. The summed E-state index contributed by atoms with van der Waals surface area (Å²) in [4.78, 5) is 40.7. The van der Waals surface area contributed by atoms with Crippen LogP contribution < -0.4 is 10.3 Å². The van der Waals surface area contributed by atoms with Crippen LogP contribution in [-0.4, -0.2) is 59.3 Å². The quantitative estimate of drug-likeness (QED) is 0.530. The van der Waals surface area contributed by atoms with Crippen molar-refractivity contribution in [3.63, 3.8) is 0 Å². The van der Waals surface area contributed by atoms with Crippen LogP contribution in [0.3, 0.4) is 0 Å². The van der Waals surface area contributed by atoms with Gasteiger partial charge in [-0.25, -0.2) is 18.4 Å². The Morgan fingerprint density at radius 1 is 0.973 bits per heavy atom. The molecule has 10 heteroatoms. The lowest BCUT2D eigenvalue weighted by atomic mass is 10.0. The lowest BCUT2D eigenvalue weighted by molar-refractivity contribution is -0.134. The fourth-order valence-electron chi connectivity index (χ4n) is 5.17. The van der Waals surface area contributed by atoms with Gasteiger partial charge in [-0.1, -0.05) is 12.1 Å². The van der Waals surface area contributed by atoms with E-state index < -0.39 is 29.0 Å². The Morgan fingerprint density at radius 2 is 1.65 bits per heavy atom. The molecular weight excluding hydrogens is 484 g/mol. The minimum Gasteiger partial charge on any atom is -0.477 e. The Bertz CT molecular complexity index is 1530. The summed E-state index contributed by atoms with van der Waals surface area (Å²) in [5, 5.41) is 9.50. The molecule has 2 fully saturated rings. The molecular formula is C27H23F2N3O5. The highest BCUT2D eigenvalue weighted by molar-refractivity contribution is 6.19. The number of hydrogen-bond donors (Lipinski definition) is 1. The van der Waals surface area contributed by atoms with Gasteiger partial charge < -0.3 is 24.2 Å². The van der Waals surface area contributed by atoms with Crippen LogP contribution in [0.2, 0.25) is 0 Å². The number of fused-ring (bicyclic) bond motifs is 1. The third-order valence-corrected chi connectivity index (χ3v) is 7.24. The Morgan fingerprint density at radius 3 is 2.30 bits per heavy atom. The van der Waals surface area contributed by atoms with Gasteiger partial charge in [-0.2, -0.15) is 0 Å². The number of cyclic esters (lactones) is 1. The van der Waals surface area contributed by atoms with Crippen LogP contribution in [0, 0.1) is 11.6 Å². The third-order valence-electron chi connectivity index (χ3n) is 7.24. The van der Waals surface area contributed by atoms with Gasteiger partial charge in [0.05, 0.1) is 22.5 Å². The van der Waals surface area contributed by atoms with E-state index in [9.17, 15) is 23.9 Å². The number of rotatable bonds is 5. The highest BCUT2D eigenvalue weighted by Gasteiger charge is 2.33. The molecule has 0 spiro atoms. The van der Waals surface area contributed by atoms with Crippen LogP contribution in [-0.2, 0) is 9.53 Å². The van der Waals surface area contributed by atoms with Crippen molar-refractivity contribution < 1.29 is 28.2 Å². The first-order chi connectivity index (χ1) is 17.8. The molecule has 3 aliphatic rings. The van der Waals surface area contributed by atoms with Gasteiger partial charge in [-0.3, -0.25) is 4.79 Å². The van der Waals surface area contributed by atoms with E-state index in [4.69, 9.17) is 4.74 Å². The smallest absolute Gasteiger partial charge is 0.341 e. The second-order valence-electron chi connectivity index (χ2n) is 9.52. The van der Waals surface area contributed by atoms with Crippen LogP contribution >= 0.6 is 0 Å². The zero-order valence-corrected chi connectivity index (χ0v) is 19.7. The van der Waals surface area contributed by atoms with Crippen molar-refractivity contribution >= 4 is 34.1 Å². The molecule has 0 atom stereocenters. The Balaban J connectivity index is 1.30. The molecule has 3 heterocycles. The fraction of sp³-hybridized carbons (Fsp3) is 0.296. The van der Waals surface area contributed by atoms with Crippen molar-refractivity contribution in [3.8, 4) is 0 Å². The Kier molecular flexibility index (Phi) is 5.47. The number of esters is 1. The van der Waals surface area contributed by atoms with Crippen LogP contribution in [0.25, 0.3) is 16.5 Å². The summed E-state index contributed by atoms with van der Waals surface area (Å²) in [6.07, 6.45) is 3.11. The molecule has 2 aromatic carbocycles. The molecule has 37 heavy (non-hydrogen) atoms. The summed E-state index contributed by atoms with van der Waals surface area (Å²) in [6.45, 7) is 2.04. The molecule has 0 radical (unpaired) electrons. The lowest BCUT2D eigenvalue weighted by Crippen LogP contribution is -2.46. The minimum absolute atomic E-state index is 0.0578. The van der Waals surface area contributed by atoms with Gasteiger partial charge in [0.1, 0.15) is 23.8 Å². The summed E-state index contributed by atoms with van der Waals surface area (Å²) in [7, 11) is 0. The number of aromatic carboxylic acids is 1. The molecule has 190 valence electrons. The van der Waals surface area contributed by atoms with Crippen molar-refractivity contribution in [2.24, 2.45) is 0 Å². The van der Waals surface area contributed by atoms with Crippen LogP contribution in [0.1, 0.15) is 34.8 Å². The van der Waals surface area contributed by atoms with E-state index in [1.54, 1.807) is 22.8 Å². The molecule has 6 rings (SSSR count). The van der Waals surface area contributed by atoms with Gasteiger partial charge in [0.25, 0.3) is 0 Å². The van der Waals surface area contributed by atoms with Gasteiger partial charge >= 0.3 is 11.9 Å². The first-order valence-corrected chi connectivity index (χ1v) is 12.1. The SMILES string of the molecule is O=C1OCC(N2CCN(c3cc4c(cc3F)c(=O)c(C(=O)O)cn4C3CC3)CC2)=C1c1ccc(F)cc1. The molecule has 8 nitrogen and oxygen atoms in total. The fourth-order valence-corrected chi connectivity index (χ4v) is 5.17. The van der Waals surface area contributed by atoms with Gasteiger partial charge in [0, 0.05) is 43.8 Å². The Hall–Kier alpha value is -4.21. The Labute approximate surface area is 210 Å². The number of pyridine rings is 1. The predicted molar refractivity (Wildman–Crippen MR) is 131 cm³/mol. The standard InChI is InChI=1S/C27H23F2N3O5/c28-16-3-1-15(2-4-16)24-23(14-37-27(24)36)31-9-7-30(8-10-31)22-12-21-18(11-20(22)29)25(33)19(26(34)35)13-32(21)17-5-6-17/h1-4,11-13,17H,5-10,14H2,(H,34,35). The topological polar surface area (TPSA) is 92.1 Å². The number of aromatic nitrogens is 1. The monoisotopic (exact) mass is 507 g/mol. The molecule has 1 saturated heterocycles. The van der Waals surface area contributed by atoms with E-state index in [0.717, 1.165) is 24.6 Å². The van der Waals surface area contributed by atoms with Crippen molar-refractivity contribution in [2.45, 2.75) is 18.9 Å². The summed E-state index contributed by atoms with van der Waals surface area (Å²) in [6, 6.07) is 8.56. The van der Waals surface area contributed by atoms with Crippen LogP contribution in [0.15, 0.2) is 53.1 Å². The third kappa shape index (κ3) is 4.02. The highest BCUT2D eigenvalue weighted by Crippen LogP contribution is 2.38. The zero-order valence-electron chi connectivity index (χ0n) is 19.7. The second kappa shape index (κ2) is 8.72. The van der Waals surface area contributed by atoms with Crippen LogP contribution in [0.4, 0.5) is 14.5 Å². The number of hydrogen-bond acceptors (Lipinski definition) is 6. The molecule has 2 aliphatic heterocycles. The first kappa shape index (κ1) is 23.2. The lowest BCUT2D eigenvalue weighted by Gasteiger charge is -2.38. The minimum atomic E-state index is -1.33. The number of anilines is 1. The number of carboxylic acids is 1.